The van der Waals surface area contributed by atoms with Crippen LogP contribution in [0, 0.1) is 5.82 Å². The third-order valence-corrected chi connectivity index (χ3v) is 2.47. The van der Waals surface area contributed by atoms with Crippen LogP contribution in [-0.4, -0.2) is 19.3 Å². The van der Waals surface area contributed by atoms with Crippen LogP contribution >= 0.6 is 0 Å². The summed E-state index contributed by atoms with van der Waals surface area (Å²) in [6.07, 6.45) is 0.831. The number of hydrogen-bond acceptors (Lipinski definition) is 2. The van der Waals surface area contributed by atoms with Crippen molar-refractivity contribution in [3.05, 3.63) is 30.1 Å². The van der Waals surface area contributed by atoms with Gasteiger partial charge in [0.2, 0.25) is 0 Å². The van der Waals surface area contributed by atoms with E-state index < -0.39 is 0 Å². The molecule has 1 aromatic carbocycles. The van der Waals surface area contributed by atoms with Crippen molar-refractivity contribution >= 4 is 5.69 Å². The molecule has 0 spiro atoms. The van der Waals surface area contributed by atoms with Gasteiger partial charge in [-0.2, -0.15) is 0 Å². The second kappa shape index (κ2) is 5.12. The number of anilines is 1. The molecular weight excluding hydrogens is 193 g/mol. The summed E-state index contributed by atoms with van der Waals surface area (Å²) in [5.74, 6) is -0.215. The van der Waals surface area contributed by atoms with Crippen LogP contribution in [0.1, 0.15) is 20.3 Å². The van der Waals surface area contributed by atoms with Crippen LogP contribution < -0.4 is 5.32 Å². The minimum atomic E-state index is -0.215. The first-order valence-electron chi connectivity index (χ1n) is 5.09. The molecule has 15 heavy (non-hydrogen) atoms. The van der Waals surface area contributed by atoms with Gasteiger partial charge in [0.25, 0.3) is 0 Å². The van der Waals surface area contributed by atoms with Crippen LogP contribution in [0.4, 0.5) is 10.1 Å². The molecule has 1 N–H and O–H groups in total. The van der Waals surface area contributed by atoms with E-state index in [0.29, 0.717) is 12.2 Å². The van der Waals surface area contributed by atoms with E-state index in [2.05, 4.69) is 5.32 Å². The number of nitrogens with one attached hydrogen (secondary N) is 1. The van der Waals surface area contributed by atoms with Crippen molar-refractivity contribution in [1.82, 2.24) is 0 Å². The quantitative estimate of drug-likeness (QED) is 0.808. The van der Waals surface area contributed by atoms with Crippen LogP contribution in [0.3, 0.4) is 0 Å². The van der Waals surface area contributed by atoms with Crippen molar-refractivity contribution in [2.45, 2.75) is 25.9 Å². The number of methoxy groups -OCH3 is 1. The molecule has 0 radical (unpaired) electrons. The van der Waals surface area contributed by atoms with E-state index in [-0.39, 0.29) is 11.4 Å². The van der Waals surface area contributed by atoms with Crippen molar-refractivity contribution in [3.8, 4) is 0 Å². The maximum Gasteiger partial charge on any atom is 0.146 e. The van der Waals surface area contributed by atoms with Crippen molar-refractivity contribution < 1.29 is 9.13 Å². The fourth-order valence-electron chi connectivity index (χ4n) is 1.20. The number of rotatable bonds is 5. The van der Waals surface area contributed by atoms with Crippen molar-refractivity contribution in [2.75, 3.05) is 19.0 Å². The highest BCUT2D eigenvalue weighted by Gasteiger charge is 2.15. The average Bonchev–Trinajstić information content (AvgIpc) is 2.21. The molecule has 0 saturated carbocycles. The topological polar surface area (TPSA) is 21.3 Å². The number of hydrogen-bond donors (Lipinski definition) is 1. The Bertz CT molecular complexity index is 312. The summed E-state index contributed by atoms with van der Waals surface area (Å²) in [4.78, 5) is 0. The Hall–Kier alpha value is -1.09. The van der Waals surface area contributed by atoms with Gasteiger partial charge < -0.3 is 10.1 Å². The predicted molar refractivity (Wildman–Crippen MR) is 60.6 cm³/mol. The van der Waals surface area contributed by atoms with Crippen LogP contribution in [-0.2, 0) is 4.74 Å². The lowest BCUT2D eigenvalue weighted by atomic mass is 10.1. The molecule has 1 rings (SSSR count). The van der Waals surface area contributed by atoms with E-state index in [4.69, 9.17) is 4.74 Å². The second-order valence-corrected chi connectivity index (χ2v) is 4.12. The van der Waals surface area contributed by atoms with Gasteiger partial charge in [0.05, 0.1) is 11.3 Å². The Balaban J connectivity index is 2.42. The summed E-state index contributed by atoms with van der Waals surface area (Å²) in [7, 11) is 1.68. The molecule has 2 nitrogen and oxygen atoms in total. The van der Waals surface area contributed by atoms with Crippen molar-refractivity contribution in [2.24, 2.45) is 0 Å². The first-order valence-corrected chi connectivity index (χ1v) is 5.09. The number of benzene rings is 1. The van der Waals surface area contributed by atoms with Gasteiger partial charge in [-0.3, -0.25) is 0 Å². The van der Waals surface area contributed by atoms with E-state index in [1.54, 1.807) is 19.2 Å². The van der Waals surface area contributed by atoms with Crippen LogP contribution in [0.5, 0.6) is 0 Å². The summed E-state index contributed by atoms with van der Waals surface area (Å²) in [6, 6.07) is 6.67. The molecule has 1 aromatic rings. The molecule has 0 aliphatic heterocycles. The minimum absolute atomic E-state index is 0.168. The monoisotopic (exact) mass is 211 g/mol. The fraction of sp³-hybridized carbons (Fsp3) is 0.500. The fourth-order valence-corrected chi connectivity index (χ4v) is 1.20. The van der Waals surface area contributed by atoms with Gasteiger partial charge in [0.1, 0.15) is 5.82 Å². The number of halogens is 1. The highest BCUT2D eigenvalue weighted by Crippen LogP contribution is 2.15. The molecule has 0 amide bonds. The minimum Gasteiger partial charge on any atom is -0.383 e. The third kappa shape index (κ3) is 3.88. The van der Waals surface area contributed by atoms with Crippen LogP contribution in [0.15, 0.2) is 24.3 Å². The Morgan fingerprint density at radius 1 is 1.33 bits per heavy atom. The van der Waals surface area contributed by atoms with E-state index in [1.807, 2.05) is 19.9 Å². The van der Waals surface area contributed by atoms with Crippen LogP contribution in [0.2, 0.25) is 0 Å². The highest BCUT2D eigenvalue weighted by molar-refractivity contribution is 5.44. The standard InChI is InChI=1S/C12H18FNO/c1-12(2,15-3)8-9-14-11-7-5-4-6-10(11)13/h4-7,14H,8-9H2,1-3H3. The molecule has 0 aromatic heterocycles. The molecule has 0 heterocycles. The molecular formula is C12H18FNO. The lowest BCUT2D eigenvalue weighted by molar-refractivity contribution is 0.0185. The molecule has 3 heteroatoms. The molecule has 0 saturated heterocycles. The largest absolute Gasteiger partial charge is 0.383 e. The van der Waals surface area contributed by atoms with E-state index in [1.165, 1.54) is 6.07 Å². The van der Waals surface area contributed by atoms with Gasteiger partial charge >= 0.3 is 0 Å². The van der Waals surface area contributed by atoms with E-state index >= 15 is 0 Å². The van der Waals surface area contributed by atoms with Crippen molar-refractivity contribution in [1.29, 1.82) is 0 Å². The molecule has 0 aliphatic carbocycles. The van der Waals surface area contributed by atoms with Gasteiger partial charge in [-0.1, -0.05) is 12.1 Å². The lowest BCUT2D eigenvalue weighted by Crippen LogP contribution is -2.25. The zero-order chi connectivity index (χ0) is 11.3. The zero-order valence-electron chi connectivity index (χ0n) is 9.51. The normalized spacial score (nSPS) is 11.5. The first kappa shape index (κ1) is 12.0. The maximum absolute atomic E-state index is 13.2. The van der Waals surface area contributed by atoms with Gasteiger partial charge in [0.15, 0.2) is 0 Å². The Kier molecular flexibility index (Phi) is 4.09. The molecule has 0 aliphatic rings. The maximum atomic E-state index is 13.2. The van der Waals surface area contributed by atoms with Gasteiger partial charge in [0, 0.05) is 13.7 Å². The summed E-state index contributed by atoms with van der Waals surface area (Å²) in [5, 5.41) is 3.05. The van der Waals surface area contributed by atoms with Gasteiger partial charge in [-0.15, -0.1) is 0 Å². The molecule has 0 atom stereocenters. The zero-order valence-corrected chi connectivity index (χ0v) is 9.51. The molecule has 84 valence electrons. The summed E-state index contributed by atoms with van der Waals surface area (Å²) in [5.41, 5.74) is 0.377. The summed E-state index contributed by atoms with van der Waals surface area (Å²) < 4.78 is 18.5. The van der Waals surface area contributed by atoms with E-state index in [9.17, 15) is 4.39 Å². The average molecular weight is 211 g/mol. The van der Waals surface area contributed by atoms with Gasteiger partial charge in [-0.05, 0) is 32.4 Å². The SMILES string of the molecule is COC(C)(C)CCNc1ccccc1F. The smallest absolute Gasteiger partial charge is 0.146 e. The summed E-state index contributed by atoms with van der Waals surface area (Å²) in [6.45, 7) is 4.72. The Morgan fingerprint density at radius 2 is 2.00 bits per heavy atom. The number of ether oxygens (including phenoxy) is 1. The highest BCUT2D eigenvalue weighted by atomic mass is 19.1. The van der Waals surface area contributed by atoms with Crippen molar-refractivity contribution in [3.63, 3.8) is 0 Å². The number of para-hydroxylation sites is 1. The lowest BCUT2D eigenvalue weighted by Gasteiger charge is -2.23. The van der Waals surface area contributed by atoms with Gasteiger partial charge in [-0.25, -0.2) is 4.39 Å². The van der Waals surface area contributed by atoms with E-state index in [0.717, 1.165) is 6.42 Å². The summed E-state index contributed by atoms with van der Waals surface area (Å²) >= 11 is 0. The Morgan fingerprint density at radius 3 is 2.60 bits per heavy atom. The predicted octanol–water partition coefficient (Wildman–Crippen LogP) is 3.05. The molecule has 0 fully saturated rings. The van der Waals surface area contributed by atoms with Crippen LogP contribution in [0.25, 0.3) is 0 Å². The second-order valence-electron chi connectivity index (χ2n) is 4.12. The molecule has 0 unspecified atom stereocenters. The Labute approximate surface area is 90.4 Å². The first-order chi connectivity index (χ1) is 7.05. The third-order valence-electron chi connectivity index (χ3n) is 2.47. The molecule has 0 bridgehead atoms.